The molecule has 1 N–H and O–H groups in total. The average Bonchev–Trinajstić information content (AvgIpc) is 2.32. The zero-order valence-corrected chi connectivity index (χ0v) is 10.6. The third-order valence-electron chi connectivity index (χ3n) is 3.12. The molecule has 1 fully saturated rings. The smallest absolute Gasteiger partial charge is 0.407 e. The summed E-state index contributed by atoms with van der Waals surface area (Å²) in [5.74, 6) is 0.194. The third-order valence-corrected chi connectivity index (χ3v) is 3.12. The number of carbonyl (C=O) groups excluding carboxylic acids is 1. The lowest BCUT2D eigenvalue weighted by atomic mass is 9.80. The summed E-state index contributed by atoms with van der Waals surface area (Å²) in [6.45, 7) is 4.17. The van der Waals surface area contributed by atoms with Crippen LogP contribution in [0.15, 0.2) is 18.2 Å². The van der Waals surface area contributed by atoms with Crippen molar-refractivity contribution in [2.45, 2.75) is 19.9 Å². The Morgan fingerprint density at radius 1 is 1.50 bits per heavy atom. The molecule has 0 radical (unpaired) electrons. The Hall–Kier alpha value is -1.78. The molecule has 2 rings (SSSR count). The molecule has 1 aliphatic heterocycles. The summed E-state index contributed by atoms with van der Waals surface area (Å²) in [4.78, 5) is 11.4. The molecule has 1 amide bonds. The van der Waals surface area contributed by atoms with Gasteiger partial charge in [0.05, 0.1) is 13.2 Å². The van der Waals surface area contributed by atoms with Crippen LogP contribution in [-0.4, -0.2) is 19.8 Å². The minimum atomic E-state index is -0.495. The molecule has 1 aliphatic rings. The zero-order chi connectivity index (χ0) is 13.3. The number of hydrogen-bond acceptors (Lipinski definition) is 3. The second-order valence-electron chi connectivity index (χ2n) is 5.03. The van der Waals surface area contributed by atoms with E-state index in [9.17, 15) is 9.18 Å². The van der Waals surface area contributed by atoms with Crippen molar-refractivity contribution in [3.63, 3.8) is 0 Å². The van der Waals surface area contributed by atoms with Gasteiger partial charge in [0.2, 0.25) is 0 Å². The highest BCUT2D eigenvalue weighted by atomic mass is 19.1. The van der Waals surface area contributed by atoms with Crippen LogP contribution in [0.2, 0.25) is 0 Å². The van der Waals surface area contributed by atoms with E-state index in [2.05, 4.69) is 5.32 Å². The number of rotatable bonds is 2. The lowest BCUT2D eigenvalue weighted by Crippen LogP contribution is -2.47. The molecule has 98 valence electrons. The van der Waals surface area contributed by atoms with Gasteiger partial charge in [-0.3, -0.25) is 0 Å². The van der Waals surface area contributed by atoms with Gasteiger partial charge in [0.15, 0.2) is 0 Å². The normalized spacial score (nSPS) is 22.0. The summed E-state index contributed by atoms with van der Waals surface area (Å²) in [6.07, 6.45) is -0.495. The van der Waals surface area contributed by atoms with Crippen LogP contribution in [0.25, 0.3) is 0 Å². The fraction of sp³-hybridized carbons (Fsp3) is 0.462. The standard InChI is InChI=1S/C13H16FNO3/c1-13(2)7-18-12(16)15-11(13)9-6-8(14)4-5-10(9)17-3/h4-6,11H,7H2,1-3H3,(H,15,16)/t11-/m1/s1. The first kappa shape index (κ1) is 12.7. The minimum absolute atomic E-state index is 0.281. The van der Waals surface area contributed by atoms with E-state index in [4.69, 9.17) is 9.47 Å². The van der Waals surface area contributed by atoms with Gasteiger partial charge in [-0.2, -0.15) is 0 Å². The number of methoxy groups -OCH3 is 1. The molecule has 0 saturated carbocycles. The third kappa shape index (κ3) is 2.25. The van der Waals surface area contributed by atoms with Crippen molar-refractivity contribution in [2.24, 2.45) is 5.41 Å². The lowest BCUT2D eigenvalue weighted by molar-refractivity contribution is 0.0380. The number of nitrogens with one attached hydrogen (secondary N) is 1. The summed E-state index contributed by atoms with van der Waals surface area (Å²) in [5, 5.41) is 2.72. The van der Waals surface area contributed by atoms with E-state index in [0.29, 0.717) is 11.3 Å². The number of alkyl carbamates (subject to hydrolysis) is 1. The van der Waals surface area contributed by atoms with Gasteiger partial charge in [-0.1, -0.05) is 13.8 Å². The summed E-state index contributed by atoms with van der Waals surface area (Å²) in [7, 11) is 1.52. The Bertz CT molecular complexity index is 473. The molecular formula is C13H16FNO3. The highest BCUT2D eigenvalue weighted by Gasteiger charge is 2.39. The largest absolute Gasteiger partial charge is 0.496 e. The molecule has 18 heavy (non-hydrogen) atoms. The maximum absolute atomic E-state index is 13.4. The molecule has 1 heterocycles. The van der Waals surface area contributed by atoms with Crippen molar-refractivity contribution in [1.82, 2.24) is 5.32 Å². The predicted molar refractivity (Wildman–Crippen MR) is 64.0 cm³/mol. The Morgan fingerprint density at radius 3 is 2.89 bits per heavy atom. The quantitative estimate of drug-likeness (QED) is 0.881. The summed E-state index contributed by atoms with van der Waals surface area (Å²) >= 11 is 0. The lowest BCUT2D eigenvalue weighted by Gasteiger charge is -2.39. The van der Waals surface area contributed by atoms with Crippen molar-refractivity contribution in [3.8, 4) is 5.75 Å². The topological polar surface area (TPSA) is 47.6 Å². The van der Waals surface area contributed by atoms with Crippen molar-refractivity contribution in [1.29, 1.82) is 0 Å². The Balaban J connectivity index is 2.45. The molecule has 5 heteroatoms. The molecule has 4 nitrogen and oxygen atoms in total. The number of ether oxygens (including phenoxy) is 2. The van der Waals surface area contributed by atoms with Gasteiger partial charge in [-0.05, 0) is 18.2 Å². The van der Waals surface area contributed by atoms with Gasteiger partial charge in [0.25, 0.3) is 0 Å². The SMILES string of the molecule is COc1ccc(F)cc1[C@H]1NC(=O)OCC1(C)C. The number of benzene rings is 1. The summed E-state index contributed by atoms with van der Waals surface area (Å²) < 4.78 is 23.6. The molecule has 0 aromatic heterocycles. The Kier molecular flexibility index (Phi) is 3.15. The van der Waals surface area contributed by atoms with Crippen molar-refractivity contribution in [3.05, 3.63) is 29.6 Å². The number of hydrogen-bond donors (Lipinski definition) is 1. The molecule has 1 aromatic rings. The van der Waals surface area contributed by atoms with Crippen molar-refractivity contribution < 1.29 is 18.7 Å². The van der Waals surface area contributed by atoms with E-state index in [1.54, 1.807) is 6.07 Å². The highest BCUT2D eigenvalue weighted by molar-refractivity contribution is 5.69. The number of halogens is 1. The van der Waals surface area contributed by atoms with Gasteiger partial charge in [-0.25, -0.2) is 9.18 Å². The Labute approximate surface area is 105 Å². The predicted octanol–water partition coefficient (Wildman–Crippen LogP) is 2.64. The van der Waals surface area contributed by atoms with Crippen LogP contribution in [-0.2, 0) is 4.74 Å². The second kappa shape index (κ2) is 4.48. The van der Waals surface area contributed by atoms with Crippen LogP contribution < -0.4 is 10.1 Å². The minimum Gasteiger partial charge on any atom is -0.496 e. The molecule has 0 unspecified atom stereocenters. The van der Waals surface area contributed by atoms with Crippen molar-refractivity contribution >= 4 is 6.09 Å². The fourth-order valence-corrected chi connectivity index (χ4v) is 2.12. The van der Waals surface area contributed by atoms with E-state index >= 15 is 0 Å². The maximum Gasteiger partial charge on any atom is 0.407 e. The van der Waals surface area contributed by atoms with E-state index in [1.807, 2.05) is 13.8 Å². The first-order valence-corrected chi connectivity index (χ1v) is 5.71. The van der Waals surface area contributed by atoms with Crippen LogP contribution >= 0.6 is 0 Å². The molecular weight excluding hydrogens is 237 g/mol. The molecule has 1 atom stereocenters. The van der Waals surface area contributed by atoms with E-state index in [-0.39, 0.29) is 23.9 Å². The van der Waals surface area contributed by atoms with Gasteiger partial charge < -0.3 is 14.8 Å². The number of amides is 1. The average molecular weight is 253 g/mol. The first-order chi connectivity index (χ1) is 8.44. The molecule has 0 spiro atoms. The van der Waals surface area contributed by atoms with Crippen molar-refractivity contribution in [2.75, 3.05) is 13.7 Å². The van der Waals surface area contributed by atoms with Gasteiger partial charge in [0.1, 0.15) is 18.2 Å². The van der Waals surface area contributed by atoms with Crippen LogP contribution in [0.4, 0.5) is 9.18 Å². The van der Waals surface area contributed by atoms with Crippen LogP contribution in [0.5, 0.6) is 5.75 Å². The van der Waals surface area contributed by atoms with E-state index in [0.717, 1.165) is 0 Å². The molecule has 1 saturated heterocycles. The van der Waals surface area contributed by atoms with E-state index in [1.165, 1.54) is 19.2 Å². The van der Waals surface area contributed by atoms with Gasteiger partial charge in [-0.15, -0.1) is 0 Å². The molecule has 0 bridgehead atoms. The first-order valence-electron chi connectivity index (χ1n) is 5.71. The van der Waals surface area contributed by atoms with Gasteiger partial charge in [0, 0.05) is 11.0 Å². The van der Waals surface area contributed by atoms with Crippen LogP contribution in [0, 0.1) is 11.2 Å². The van der Waals surface area contributed by atoms with Crippen LogP contribution in [0.3, 0.4) is 0 Å². The summed E-state index contributed by atoms with van der Waals surface area (Å²) in [6, 6.07) is 3.93. The van der Waals surface area contributed by atoms with E-state index < -0.39 is 6.09 Å². The number of cyclic esters (lactones) is 1. The second-order valence-corrected chi connectivity index (χ2v) is 5.03. The molecule has 1 aromatic carbocycles. The monoisotopic (exact) mass is 253 g/mol. The Morgan fingerprint density at radius 2 is 2.22 bits per heavy atom. The molecule has 0 aliphatic carbocycles. The van der Waals surface area contributed by atoms with Crippen LogP contribution in [0.1, 0.15) is 25.5 Å². The number of carbonyl (C=O) groups is 1. The summed E-state index contributed by atoms with van der Waals surface area (Å²) in [5.41, 5.74) is 0.286. The fourth-order valence-electron chi connectivity index (χ4n) is 2.12. The zero-order valence-electron chi connectivity index (χ0n) is 10.6. The maximum atomic E-state index is 13.4. The van der Waals surface area contributed by atoms with Gasteiger partial charge >= 0.3 is 6.09 Å². The highest BCUT2D eigenvalue weighted by Crippen LogP contribution is 2.40.